The molecule has 0 aromatic heterocycles. The molecule has 6 nitrogen and oxygen atoms in total. The number of aliphatic hydroxyl groups is 1. The summed E-state index contributed by atoms with van der Waals surface area (Å²) < 4.78 is 26.0. The van der Waals surface area contributed by atoms with E-state index in [1.807, 2.05) is 0 Å². The zero-order valence-electron chi connectivity index (χ0n) is 9.26. The van der Waals surface area contributed by atoms with Crippen molar-refractivity contribution in [2.45, 2.75) is 6.10 Å². The van der Waals surface area contributed by atoms with Gasteiger partial charge in [-0.1, -0.05) is 0 Å². The second kappa shape index (κ2) is 4.39. The maximum absolute atomic E-state index is 13.0. The first-order valence-corrected chi connectivity index (χ1v) is 5.09. The largest absolute Gasteiger partial charge is 0.479 e. The van der Waals surface area contributed by atoms with Crippen molar-refractivity contribution in [1.29, 1.82) is 0 Å². The SMILES string of the molecule is O=C(O)C(O)CN1C(=O)c2cc(F)c(F)cc2C1=O. The molecule has 100 valence electrons. The van der Waals surface area contributed by atoms with Crippen LogP contribution in [-0.2, 0) is 4.79 Å². The van der Waals surface area contributed by atoms with Crippen molar-refractivity contribution in [2.75, 3.05) is 6.54 Å². The van der Waals surface area contributed by atoms with E-state index in [2.05, 4.69) is 0 Å². The fourth-order valence-electron chi connectivity index (χ4n) is 1.70. The molecule has 1 aliphatic rings. The molecule has 0 spiro atoms. The lowest BCUT2D eigenvalue weighted by molar-refractivity contribution is -0.146. The summed E-state index contributed by atoms with van der Waals surface area (Å²) in [6, 6.07) is 1.14. The summed E-state index contributed by atoms with van der Waals surface area (Å²) >= 11 is 0. The van der Waals surface area contributed by atoms with Gasteiger partial charge in [-0.2, -0.15) is 0 Å². The fourth-order valence-corrected chi connectivity index (χ4v) is 1.70. The molecule has 0 radical (unpaired) electrons. The quantitative estimate of drug-likeness (QED) is 0.755. The van der Waals surface area contributed by atoms with Crippen molar-refractivity contribution in [3.05, 3.63) is 34.9 Å². The number of nitrogens with zero attached hydrogens (tertiary/aromatic N) is 1. The first-order chi connectivity index (χ1) is 8.82. The lowest BCUT2D eigenvalue weighted by Crippen LogP contribution is -2.40. The number of carboxylic acid groups (broad SMARTS) is 1. The van der Waals surface area contributed by atoms with Crippen LogP contribution in [0.3, 0.4) is 0 Å². The van der Waals surface area contributed by atoms with Crippen LogP contribution in [0.1, 0.15) is 20.7 Å². The zero-order chi connectivity index (χ0) is 14.3. The maximum Gasteiger partial charge on any atom is 0.334 e. The fraction of sp³-hybridized carbons (Fsp3) is 0.182. The van der Waals surface area contributed by atoms with E-state index in [1.165, 1.54) is 0 Å². The average molecular weight is 271 g/mol. The molecule has 0 bridgehead atoms. The zero-order valence-corrected chi connectivity index (χ0v) is 9.26. The lowest BCUT2D eigenvalue weighted by Gasteiger charge is -2.15. The number of hydrogen-bond acceptors (Lipinski definition) is 4. The van der Waals surface area contributed by atoms with Gasteiger partial charge in [0, 0.05) is 0 Å². The van der Waals surface area contributed by atoms with Gasteiger partial charge in [-0.05, 0) is 12.1 Å². The number of benzene rings is 1. The second-order valence-corrected chi connectivity index (χ2v) is 3.89. The highest BCUT2D eigenvalue weighted by Crippen LogP contribution is 2.25. The van der Waals surface area contributed by atoms with Crippen LogP contribution in [0, 0.1) is 11.6 Å². The van der Waals surface area contributed by atoms with Gasteiger partial charge >= 0.3 is 5.97 Å². The predicted octanol–water partition coefficient (Wildman–Crippen LogP) is 0.00630. The number of imide groups is 1. The van der Waals surface area contributed by atoms with Crippen LogP contribution in [-0.4, -0.2) is 45.5 Å². The van der Waals surface area contributed by atoms with Crippen molar-refractivity contribution < 1.29 is 33.4 Å². The molecule has 0 fully saturated rings. The maximum atomic E-state index is 13.0. The van der Waals surface area contributed by atoms with E-state index in [-0.39, 0.29) is 11.1 Å². The van der Waals surface area contributed by atoms with Crippen molar-refractivity contribution >= 4 is 17.8 Å². The lowest BCUT2D eigenvalue weighted by atomic mass is 10.1. The molecule has 1 atom stereocenters. The van der Waals surface area contributed by atoms with Crippen molar-refractivity contribution in [3.63, 3.8) is 0 Å². The van der Waals surface area contributed by atoms with Crippen LogP contribution in [0.4, 0.5) is 8.78 Å². The Morgan fingerprint density at radius 3 is 1.95 bits per heavy atom. The Balaban J connectivity index is 2.37. The van der Waals surface area contributed by atoms with Crippen LogP contribution < -0.4 is 0 Å². The van der Waals surface area contributed by atoms with Gasteiger partial charge in [0.05, 0.1) is 17.7 Å². The molecule has 2 amide bonds. The Labute approximate surface area is 104 Å². The molecule has 0 saturated heterocycles. The standard InChI is InChI=1S/C11H7F2NO5/c12-6-1-4-5(2-7(6)13)10(17)14(9(4)16)3-8(15)11(18)19/h1-2,8,15H,3H2,(H,18,19). The molecular weight excluding hydrogens is 264 g/mol. The van der Waals surface area contributed by atoms with E-state index >= 15 is 0 Å². The van der Waals surface area contributed by atoms with E-state index in [1.54, 1.807) is 0 Å². The summed E-state index contributed by atoms with van der Waals surface area (Å²) in [6.07, 6.45) is -1.96. The number of fused-ring (bicyclic) bond motifs is 1. The van der Waals surface area contributed by atoms with E-state index in [0.29, 0.717) is 17.0 Å². The van der Waals surface area contributed by atoms with Gasteiger partial charge < -0.3 is 10.2 Å². The average Bonchev–Trinajstić information content (AvgIpc) is 2.55. The van der Waals surface area contributed by atoms with Crippen LogP contribution >= 0.6 is 0 Å². The normalized spacial score (nSPS) is 15.6. The third kappa shape index (κ3) is 2.06. The highest BCUT2D eigenvalue weighted by molar-refractivity contribution is 6.21. The summed E-state index contributed by atoms with van der Waals surface area (Å²) in [5.74, 6) is -6.15. The number of aliphatic hydroxyl groups excluding tert-OH is 1. The van der Waals surface area contributed by atoms with Gasteiger partial charge in [0.25, 0.3) is 11.8 Å². The van der Waals surface area contributed by atoms with E-state index < -0.39 is 42.1 Å². The highest BCUT2D eigenvalue weighted by Gasteiger charge is 2.38. The molecule has 1 aliphatic heterocycles. The molecule has 1 heterocycles. The smallest absolute Gasteiger partial charge is 0.334 e. The third-order valence-corrected chi connectivity index (χ3v) is 2.65. The van der Waals surface area contributed by atoms with Crippen LogP contribution in [0.25, 0.3) is 0 Å². The minimum Gasteiger partial charge on any atom is -0.479 e. The molecule has 1 aromatic rings. The predicted molar refractivity (Wildman–Crippen MR) is 55.4 cm³/mol. The number of carboxylic acids is 1. The second-order valence-electron chi connectivity index (χ2n) is 3.89. The molecule has 19 heavy (non-hydrogen) atoms. The van der Waals surface area contributed by atoms with Gasteiger partial charge in [-0.25, -0.2) is 13.6 Å². The Morgan fingerprint density at radius 2 is 1.58 bits per heavy atom. The minimum atomic E-state index is -1.96. The number of amides is 2. The molecule has 2 rings (SSSR count). The molecule has 0 saturated carbocycles. The van der Waals surface area contributed by atoms with Crippen LogP contribution in [0.5, 0.6) is 0 Å². The number of halogens is 2. The Hall–Kier alpha value is -2.35. The van der Waals surface area contributed by atoms with E-state index in [9.17, 15) is 23.2 Å². The van der Waals surface area contributed by atoms with E-state index in [0.717, 1.165) is 0 Å². The number of carbonyl (C=O) groups excluding carboxylic acids is 2. The van der Waals surface area contributed by atoms with Gasteiger partial charge in [-0.3, -0.25) is 14.5 Å². The Kier molecular flexibility index (Phi) is 3.03. The monoisotopic (exact) mass is 271 g/mol. The summed E-state index contributed by atoms with van der Waals surface area (Å²) in [6.45, 7) is -0.787. The van der Waals surface area contributed by atoms with Gasteiger partial charge in [0.2, 0.25) is 0 Å². The van der Waals surface area contributed by atoms with Crippen molar-refractivity contribution in [2.24, 2.45) is 0 Å². The summed E-state index contributed by atoms with van der Waals surface area (Å²) in [5.41, 5.74) is -0.719. The molecular formula is C11H7F2NO5. The van der Waals surface area contributed by atoms with Gasteiger partial charge in [0.1, 0.15) is 0 Å². The summed E-state index contributed by atoms with van der Waals surface area (Å²) in [7, 11) is 0. The summed E-state index contributed by atoms with van der Waals surface area (Å²) in [5, 5.41) is 17.6. The van der Waals surface area contributed by atoms with E-state index in [4.69, 9.17) is 10.2 Å². The first-order valence-electron chi connectivity index (χ1n) is 5.09. The van der Waals surface area contributed by atoms with Crippen LogP contribution in [0.15, 0.2) is 12.1 Å². The highest BCUT2D eigenvalue weighted by atomic mass is 19.2. The first kappa shape index (κ1) is 13.1. The van der Waals surface area contributed by atoms with Gasteiger partial charge in [0.15, 0.2) is 17.7 Å². The third-order valence-electron chi connectivity index (χ3n) is 2.65. The van der Waals surface area contributed by atoms with Crippen molar-refractivity contribution in [3.8, 4) is 0 Å². The molecule has 1 unspecified atom stereocenters. The van der Waals surface area contributed by atoms with Gasteiger partial charge in [-0.15, -0.1) is 0 Å². The molecule has 1 aromatic carbocycles. The number of hydrogen-bond donors (Lipinski definition) is 2. The molecule has 0 aliphatic carbocycles. The van der Waals surface area contributed by atoms with Crippen LogP contribution in [0.2, 0.25) is 0 Å². The number of carbonyl (C=O) groups is 3. The number of β-amino-alcohol motifs (C(OH)–C–C–N with tert-alkyl or cyclic N) is 1. The van der Waals surface area contributed by atoms with Crippen molar-refractivity contribution in [1.82, 2.24) is 4.90 Å². The summed E-state index contributed by atoms with van der Waals surface area (Å²) in [4.78, 5) is 34.4. The number of rotatable bonds is 3. The Bertz CT molecular complexity index is 560. The molecule has 8 heteroatoms. The Morgan fingerprint density at radius 1 is 1.16 bits per heavy atom. The minimum absolute atomic E-state index is 0.360. The number of aliphatic carboxylic acids is 1. The molecule has 2 N–H and O–H groups in total. The topological polar surface area (TPSA) is 94.9 Å².